The van der Waals surface area contributed by atoms with Crippen molar-refractivity contribution in [1.82, 2.24) is 4.90 Å². The normalized spacial score (nSPS) is 18.1. The topological polar surface area (TPSA) is 69.6 Å². The lowest BCUT2D eigenvalue weighted by Crippen LogP contribution is -2.39. The van der Waals surface area contributed by atoms with Crippen molar-refractivity contribution in [3.63, 3.8) is 0 Å². The van der Waals surface area contributed by atoms with Gasteiger partial charge in [-0.2, -0.15) is 0 Å². The molecule has 1 aliphatic heterocycles. The lowest BCUT2D eigenvalue weighted by Gasteiger charge is -2.24. The van der Waals surface area contributed by atoms with E-state index in [4.69, 9.17) is 5.11 Å². The highest BCUT2D eigenvalue weighted by Crippen LogP contribution is 2.23. The van der Waals surface area contributed by atoms with Crippen molar-refractivity contribution in [2.75, 3.05) is 11.9 Å². The van der Waals surface area contributed by atoms with E-state index in [0.717, 1.165) is 29.7 Å². The molecule has 20 heavy (non-hydrogen) atoms. The number of likely N-dealkylation sites (tertiary alicyclic amines) is 1. The third-order valence-corrected chi connectivity index (χ3v) is 3.89. The first-order valence-electron chi connectivity index (χ1n) is 6.84. The number of carboxylic acids is 1. The Morgan fingerprint density at radius 3 is 2.85 bits per heavy atom. The lowest BCUT2D eigenvalue weighted by molar-refractivity contribution is -0.137. The summed E-state index contributed by atoms with van der Waals surface area (Å²) >= 11 is 0. The Balaban J connectivity index is 2.07. The van der Waals surface area contributed by atoms with Crippen LogP contribution in [0.3, 0.4) is 0 Å². The van der Waals surface area contributed by atoms with Gasteiger partial charge in [-0.05, 0) is 43.9 Å². The molecule has 108 valence electrons. The summed E-state index contributed by atoms with van der Waals surface area (Å²) < 4.78 is 0. The maximum Gasteiger partial charge on any atom is 0.322 e. The first kappa shape index (κ1) is 14.4. The van der Waals surface area contributed by atoms with E-state index in [1.807, 2.05) is 32.0 Å². The van der Waals surface area contributed by atoms with Gasteiger partial charge in [0, 0.05) is 18.3 Å². The van der Waals surface area contributed by atoms with Crippen molar-refractivity contribution >= 4 is 17.7 Å². The number of rotatable bonds is 3. The molecule has 0 aromatic heterocycles. The maximum atomic E-state index is 12.3. The van der Waals surface area contributed by atoms with E-state index in [1.54, 1.807) is 4.90 Å². The number of hydrogen-bond donors (Lipinski definition) is 2. The van der Waals surface area contributed by atoms with Crippen molar-refractivity contribution in [2.24, 2.45) is 0 Å². The van der Waals surface area contributed by atoms with Gasteiger partial charge in [-0.3, -0.25) is 4.79 Å². The van der Waals surface area contributed by atoms with Crippen LogP contribution in [0.4, 0.5) is 10.5 Å². The molecule has 1 saturated heterocycles. The third kappa shape index (κ3) is 3.10. The van der Waals surface area contributed by atoms with Gasteiger partial charge in [0.15, 0.2) is 0 Å². The number of nitrogens with one attached hydrogen (secondary N) is 1. The number of amides is 2. The summed E-state index contributed by atoms with van der Waals surface area (Å²) in [7, 11) is 0. The SMILES string of the molecule is Cc1cccc(NC(=O)N2CCCC2CC(=O)O)c1C. The van der Waals surface area contributed by atoms with Crippen LogP contribution in [-0.2, 0) is 4.79 Å². The summed E-state index contributed by atoms with van der Waals surface area (Å²) in [5.41, 5.74) is 2.94. The molecule has 0 aliphatic carbocycles. The number of anilines is 1. The number of urea groups is 1. The molecule has 0 spiro atoms. The van der Waals surface area contributed by atoms with Crippen LogP contribution >= 0.6 is 0 Å². The molecule has 1 heterocycles. The summed E-state index contributed by atoms with van der Waals surface area (Å²) in [6.07, 6.45) is 1.63. The summed E-state index contributed by atoms with van der Waals surface area (Å²) in [5.74, 6) is -0.860. The molecule has 1 aromatic rings. The molecule has 1 aliphatic rings. The average Bonchev–Trinajstić information content (AvgIpc) is 2.82. The summed E-state index contributed by atoms with van der Waals surface area (Å²) in [6.45, 7) is 4.58. The molecule has 1 atom stereocenters. The van der Waals surface area contributed by atoms with Crippen molar-refractivity contribution in [3.8, 4) is 0 Å². The lowest BCUT2D eigenvalue weighted by atomic mass is 10.1. The second-order valence-corrected chi connectivity index (χ2v) is 5.26. The molecule has 1 unspecified atom stereocenters. The Bertz CT molecular complexity index is 528. The molecule has 5 nitrogen and oxygen atoms in total. The molecule has 2 rings (SSSR count). The van der Waals surface area contributed by atoms with Crippen LogP contribution in [0.2, 0.25) is 0 Å². The van der Waals surface area contributed by atoms with Gasteiger partial charge >= 0.3 is 12.0 Å². The van der Waals surface area contributed by atoms with Crippen molar-refractivity contribution in [3.05, 3.63) is 29.3 Å². The van der Waals surface area contributed by atoms with Crippen LogP contribution in [0, 0.1) is 13.8 Å². The summed E-state index contributed by atoms with van der Waals surface area (Å²) in [5, 5.41) is 11.8. The Kier molecular flexibility index (Phi) is 4.27. The fraction of sp³-hybridized carbons (Fsp3) is 0.467. The highest BCUT2D eigenvalue weighted by atomic mass is 16.4. The van der Waals surface area contributed by atoms with Crippen LogP contribution < -0.4 is 5.32 Å². The molecule has 1 aromatic carbocycles. The fourth-order valence-electron chi connectivity index (χ4n) is 2.59. The molecular weight excluding hydrogens is 256 g/mol. The molecule has 1 fully saturated rings. The average molecular weight is 276 g/mol. The summed E-state index contributed by atoms with van der Waals surface area (Å²) in [6, 6.07) is 5.35. The van der Waals surface area contributed by atoms with Gasteiger partial charge in [0.05, 0.1) is 6.42 Å². The highest BCUT2D eigenvalue weighted by Gasteiger charge is 2.30. The van der Waals surface area contributed by atoms with Gasteiger partial charge in [0.1, 0.15) is 0 Å². The van der Waals surface area contributed by atoms with Crippen LogP contribution in [-0.4, -0.2) is 34.6 Å². The van der Waals surface area contributed by atoms with E-state index < -0.39 is 5.97 Å². The minimum atomic E-state index is -0.860. The second-order valence-electron chi connectivity index (χ2n) is 5.26. The van der Waals surface area contributed by atoms with Gasteiger partial charge < -0.3 is 15.3 Å². The zero-order valence-electron chi connectivity index (χ0n) is 11.8. The van der Waals surface area contributed by atoms with Gasteiger partial charge in [-0.25, -0.2) is 4.79 Å². The maximum absolute atomic E-state index is 12.3. The van der Waals surface area contributed by atoms with E-state index in [0.29, 0.717) is 6.54 Å². The quantitative estimate of drug-likeness (QED) is 0.891. The van der Waals surface area contributed by atoms with Crippen LogP contribution in [0.5, 0.6) is 0 Å². The van der Waals surface area contributed by atoms with Crippen molar-refractivity contribution in [2.45, 2.75) is 39.2 Å². The smallest absolute Gasteiger partial charge is 0.322 e. The number of nitrogens with zero attached hydrogens (tertiary/aromatic N) is 1. The Hall–Kier alpha value is -2.04. The minimum absolute atomic E-state index is 0.0141. The standard InChI is InChI=1S/C15H20N2O3/c1-10-5-3-7-13(11(10)2)16-15(20)17-8-4-6-12(17)9-14(18)19/h3,5,7,12H,4,6,8-9H2,1-2H3,(H,16,20)(H,18,19). The molecule has 0 radical (unpaired) electrons. The Morgan fingerprint density at radius 1 is 1.40 bits per heavy atom. The van der Waals surface area contributed by atoms with E-state index in [-0.39, 0.29) is 18.5 Å². The predicted molar refractivity (Wildman–Crippen MR) is 76.9 cm³/mol. The zero-order chi connectivity index (χ0) is 14.7. The second kappa shape index (κ2) is 5.94. The molecular formula is C15H20N2O3. The van der Waals surface area contributed by atoms with Crippen molar-refractivity contribution in [1.29, 1.82) is 0 Å². The molecule has 2 N–H and O–H groups in total. The van der Waals surface area contributed by atoms with E-state index in [9.17, 15) is 9.59 Å². The largest absolute Gasteiger partial charge is 0.481 e. The number of benzene rings is 1. The number of carbonyl (C=O) groups is 2. The van der Waals surface area contributed by atoms with E-state index in [1.165, 1.54) is 0 Å². The monoisotopic (exact) mass is 276 g/mol. The Labute approximate surface area is 118 Å². The van der Waals surface area contributed by atoms with Crippen LogP contribution in [0.25, 0.3) is 0 Å². The third-order valence-electron chi connectivity index (χ3n) is 3.89. The van der Waals surface area contributed by atoms with E-state index in [2.05, 4.69) is 5.32 Å². The number of carboxylic acid groups (broad SMARTS) is 1. The Morgan fingerprint density at radius 2 is 2.15 bits per heavy atom. The molecule has 0 bridgehead atoms. The number of carbonyl (C=O) groups excluding carboxylic acids is 1. The van der Waals surface area contributed by atoms with Gasteiger partial charge in [0.2, 0.25) is 0 Å². The number of aliphatic carboxylic acids is 1. The predicted octanol–water partition coefficient (Wildman–Crippen LogP) is 2.77. The van der Waals surface area contributed by atoms with Crippen LogP contribution in [0.15, 0.2) is 18.2 Å². The molecule has 2 amide bonds. The number of hydrogen-bond acceptors (Lipinski definition) is 2. The van der Waals surface area contributed by atoms with Gasteiger partial charge in [-0.1, -0.05) is 12.1 Å². The van der Waals surface area contributed by atoms with Gasteiger partial charge in [0.25, 0.3) is 0 Å². The summed E-state index contributed by atoms with van der Waals surface area (Å²) in [4.78, 5) is 24.7. The van der Waals surface area contributed by atoms with E-state index >= 15 is 0 Å². The van der Waals surface area contributed by atoms with Crippen LogP contribution in [0.1, 0.15) is 30.4 Å². The van der Waals surface area contributed by atoms with Crippen molar-refractivity contribution < 1.29 is 14.7 Å². The first-order chi connectivity index (χ1) is 9.49. The van der Waals surface area contributed by atoms with Gasteiger partial charge in [-0.15, -0.1) is 0 Å². The molecule has 5 heteroatoms. The number of aryl methyl sites for hydroxylation is 1. The first-order valence-corrected chi connectivity index (χ1v) is 6.84. The zero-order valence-corrected chi connectivity index (χ0v) is 11.8. The fourth-order valence-corrected chi connectivity index (χ4v) is 2.59. The highest BCUT2D eigenvalue weighted by molar-refractivity contribution is 5.91. The minimum Gasteiger partial charge on any atom is -0.481 e. The molecule has 0 saturated carbocycles.